The van der Waals surface area contributed by atoms with E-state index < -0.39 is 0 Å². The van der Waals surface area contributed by atoms with Crippen molar-refractivity contribution in [2.24, 2.45) is 0 Å². The van der Waals surface area contributed by atoms with Gasteiger partial charge >= 0.3 is 0 Å². The predicted octanol–water partition coefficient (Wildman–Crippen LogP) is 3.56. The highest BCUT2D eigenvalue weighted by atomic mass is 32.1. The van der Waals surface area contributed by atoms with Gasteiger partial charge in [-0.1, -0.05) is 37.3 Å². The fourth-order valence-corrected chi connectivity index (χ4v) is 3.30. The zero-order valence-electron chi connectivity index (χ0n) is 11.9. The van der Waals surface area contributed by atoms with Gasteiger partial charge in [-0.15, -0.1) is 11.3 Å². The Morgan fingerprint density at radius 2 is 2.00 bits per heavy atom. The standard InChI is InChI=1S/C16H22N2S/c1-4-16(12-17-3,14-8-6-5-7-9-14)10-15-11-19-13(2)18-15/h5-9,11,17H,4,10,12H2,1-3H3. The minimum absolute atomic E-state index is 0.135. The molecule has 0 bridgehead atoms. The Morgan fingerprint density at radius 3 is 2.53 bits per heavy atom. The van der Waals surface area contributed by atoms with E-state index in [9.17, 15) is 0 Å². The molecule has 2 nitrogen and oxygen atoms in total. The zero-order chi connectivity index (χ0) is 13.7. The van der Waals surface area contributed by atoms with E-state index >= 15 is 0 Å². The van der Waals surface area contributed by atoms with Gasteiger partial charge in [-0.25, -0.2) is 4.98 Å². The maximum atomic E-state index is 4.64. The fourth-order valence-electron chi connectivity index (χ4n) is 2.69. The molecule has 0 saturated heterocycles. The molecule has 0 radical (unpaired) electrons. The highest BCUT2D eigenvalue weighted by Crippen LogP contribution is 2.31. The van der Waals surface area contributed by atoms with Crippen LogP contribution in [0.5, 0.6) is 0 Å². The Hall–Kier alpha value is -1.19. The highest BCUT2D eigenvalue weighted by Gasteiger charge is 2.30. The number of hydrogen-bond donors (Lipinski definition) is 1. The number of nitrogens with zero attached hydrogens (tertiary/aromatic N) is 1. The van der Waals surface area contributed by atoms with Gasteiger partial charge in [-0.2, -0.15) is 0 Å². The second-order valence-corrected chi connectivity index (χ2v) is 6.13. The van der Waals surface area contributed by atoms with Crippen molar-refractivity contribution >= 4 is 11.3 Å². The SMILES string of the molecule is CCC(CNC)(Cc1csc(C)n1)c1ccccc1. The van der Waals surface area contributed by atoms with Crippen molar-refractivity contribution in [3.05, 3.63) is 52.0 Å². The average molecular weight is 274 g/mol. The Labute approximate surface area is 119 Å². The van der Waals surface area contributed by atoms with Crippen molar-refractivity contribution in [2.45, 2.75) is 32.1 Å². The van der Waals surface area contributed by atoms with Crippen LogP contribution in [0.3, 0.4) is 0 Å². The number of benzene rings is 1. The maximum absolute atomic E-state index is 4.64. The van der Waals surface area contributed by atoms with Gasteiger partial charge in [0.25, 0.3) is 0 Å². The molecule has 19 heavy (non-hydrogen) atoms. The number of thiazole rings is 1. The molecule has 0 fully saturated rings. The lowest BCUT2D eigenvalue weighted by molar-refractivity contribution is 0.387. The van der Waals surface area contributed by atoms with Crippen LogP contribution in [0.2, 0.25) is 0 Å². The molecule has 1 atom stereocenters. The van der Waals surface area contributed by atoms with Gasteiger partial charge < -0.3 is 5.32 Å². The van der Waals surface area contributed by atoms with E-state index in [1.54, 1.807) is 11.3 Å². The van der Waals surface area contributed by atoms with Crippen molar-refractivity contribution in [1.29, 1.82) is 0 Å². The Balaban J connectivity index is 2.34. The monoisotopic (exact) mass is 274 g/mol. The third-order valence-electron chi connectivity index (χ3n) is 3.76. The van der Waals surface area contributed by atoms with E-state index in [-0.39, 0.29) is 5.41 Å². The van der Waals surface area contributed by atoms with Crippen LogP contribution >= 0.6 is 11.3 Å². The topological polar surface area (TPSA) is 24.9 Å². The molecule has 2 aromatic rings. The van der Waals surface area contributed by atoms with E-state index in [0.717, 1.165) is 24.4 Å². The quantitative estimate of drug-likeness (QED) is 0.871. The lowest BCUT2D eigenvalue weighted by Gasteiger charge is -2.33. The average Bonchev–Trinajstić information content (AvgIpc) is 2.84. The van der Waals surface area contributed by atoms with Gasteiger partial charge in [0.05, 0.1) is 10.7 Å². The van der Waals surface area contributed by atoms with Crippen molar-refractivity contribution < 1.29 is 0 Å². The summed E-state index contributed by atoms with van der Waals surface area (Å²) >= 11 is 1.74. The Bertz CT molecular complexity index is 506. The van der Waals surface area contributed by atoms with Crippen molar-refractivity contribution in [3.63, 3.8) is 0 Å². The van der Waals surface area contributed by atoms with E-state index in [4.69, 9.17) is 0 Å². The molecule has 1 N–H and O–H groups in total. The van der Waals surface area contributed by atoms with Gasteiger partial charge in [-0.3, -0.25) is 0 Å². The predicted molar refractivity (Wildman–Crippen MR) is 82.9 cm³/mol. The first-order valence-electron chi connectivity index (χ1n) is 6.81. The summed E-state index contributed by atoms with van der Waals surface area (Å²) in [7, 11) is 2.03. The van der Waals surface area contributed by atoms with Gasteiger partial charge in [0, 0.05) is 23.8 Å². The number of aromatic nitrogens is 1. The number of likely N-dealkylation sites (N-methyl/N-ethyl adjacent to an activating group) is 1. The molecule has 1 unspecified atom stereocenters. The van der Waals surface area contributed by atoms with Gasteiger partial charge in [0.2, 0.25) is 0 Å². The van der Waals surface area contributed by atoms with E-state index in [0.29, 0.717) is 0 Å². The molecule has 0 aliphatic heterocycles. The van der Waals surface area contributed by atoms with Gasteiger partial charge in [-0.05, 0) is 26.0 Å². The summed E-state index contributed by atoms with van der Waals surface area (Å²) in [6, 6.07) is 10.8. The number of rotatable bonds is 6. The maximum Gasteiger partial charge on any atom is 0.0897 e. The van der Waals surface area contributed by atoms with Crippen LogP contribution in [0.1, 0.15) is 29.6 Å². The molecule has 2 rings (SSSR count). The number of nitrogens with one attached hydrogen (secondary N) is 1. The van der Waals surface area contributed by atoms with Crippen LogP contribution in [0.25, 0.3) is 0 Å². The first-order chi connectivity index (χ1) is 9.20. The Morgan fingerprint density at radius 1 is 1.26 bits per heavy atom. The normalized spacial score (nSPS) is 14.3. The fraction of sp³-hybridized carbons (Fsp3) is 0.438. The van der Waals surface area contributed by atoms with Crippen LogP contribution in [0.4, 0.5) is 0 Å². The summed E-state index contributed by atoms with van der Waals surface area (Å²) in [6.45, 7) is 5.32. The minimum Gasteiger partial charge on any atom is -0.319 e. The molecule has 0 aliphatic rings. The zero-order valence-corrected chi connectivity index (χ0v) is 12.8. The number of aryl methyl sites for hydroxylation is 1. The summed E-state index contributed by atoms with van der Waals surface area (Å²) in [5.41, 5.74) is 2.75. The summed E-state index contributed by atoms with van der Waals surface area (Å²) in [5, 5.41) is 6.70. The smallest absolute Gasteiger partial charge is 0.0897 e. The van der Waals surface area contributed by atoms with Crippen LogP contribution in [-0.2, 0) is 11.8 Å². The van der Waals surface area contributed by atoms with Gasteiger partial charge in [0.15, 0.2) is 0 Å². The third kappa shape index (κ3) is 3.23. The number of hydrogen-bond acceptors (Lipinski definition) is 3. The summed E-state index contributed by atoms with van der Waals surface area (Å²) in [6.07, 6.45) is 2.10. The van der Waals surface area contributed by atoms with Crippen LogP contribution in [0, 0.1) is 6.92 Å². The summed E-state index contributed by atoms with van der Waals surface area (Å²) in [4.78, 5) is 4.64. The molecule has 102 valence electrons. The minimum atomic E-state index is 0.135. The molecule has 3 heteroatoms. The van der Waals surface area contributed by atoms with Crippen molar-refractivity contribution in [1.82, 2.24) is 10.3 Å². The lowest BCUT2D eigenvalue weighted by Crippen LogP contribution is -2.38. The van der Waals surface area contributed by atoms with Crippen LogP contribution in [-0.4, -0.2) is 18.6 Å². The first kappa shape index (κ1) is 14.2. The molecule has 1 heterocycles. The molecule has 0 spiro atoms. The van der Waals surface area contributed by atoms with E-state index in [1.807, 2.05) is 7.05 Å². The first-order valence-corrected chi connectivity index (χ1v) is 7.69. The summed E-state index contributed by atoms with van der Waals surface area (Å²) in [5.74, 6) is 0. The van der Waals surface area contributed by atoms with Gasteiger partial charge in [0.1, 0.15) is 0 Å². The molecule has 0 aliphatic carbocycles. The second-order valence-electron chi connectivity index (χ2n) is 5.06. The molecule has 1 aromatic heterocycles. The largest absolute Gasteiger partial charge is 0.319 e. The lowest BCUT2D eigenvalue weighted by atomic mass is 9.74. The van der Waals surface area contributed by atoms with Crippen LogP contribution in [0.15, 0.2) is 35.7 Å². The third-order valence-corrected chi connectivity index (χ3v) is 4.59. The Kier molecular flexibility index (Phi) is 4.72. The molecule has 0 saturated carbocycles. The van der Waals surface area contributed by atoms with E-state index in [2.05, 4.69) is 59.9 Å². The van der Waals surface area contributed by atoms with Crippen molar-refractivity contribution in [2.75, 3.05) is 13.6 Å². The van der Waals surface area contributed by atoms with E-state index in [1.165, 1.54) is 11.3 Å². The molecular weight excluding hydrogens is 252 g/mol. The molecular formula is C16H22N2S. The molecule has 1 aromatic carbocycles. The second kappa shape index (κ2) is 6.31. The summed E-state index contributed by atoms with van der Waals surface area (Å²) < 4.78 is 0. The highest BCUT2D eigenvalue weighted by molar-refractivity contribution is 7.09. The van der Waals surface area contributed by atoms with Crippen LogP contribution < -0.4 is 5.32 Å². The van der Waals surface area contributed by atoms with Crippen molar-refractivity contribution in [3.8, 4) is 0 Å². The molecule has 0 amide bonds.